The van der Waals surface area contributed by atoms with Gasteiger partial charge in [0.25, 0.3) is 0 Å². The second-order valence-electron chi connectivity index (χ2n) is 5.10. The van der Waals surface area contributed by atoms with E-state index in [9.17, 15) is 9.18 Å². The Hall–Kier alpha value is -1.46. The Morgan fingerprint density at radius 2 is 2.05 bits per heavy atom. The summed E-state index contributed by atoms with van der Waals surface area (Å²) in [6, 6.07) is 6.06. The van der Waals surface area contributed by atoms with Crippen LogP contribution in [0.25, 0.3) is 0 Å². The molecule has 0 bridgehead atoms. The van der Waals surface area contributed by atoms with E-state index in [-0.39, 0.29) is 23.8 Å². The maximum Gasteiger partial charge on any atom is 0.239 e. The number of carbonyl (C=O) groups excluding carboxylic acids is 1. The van der Waals surface area contributed by atoms with Crippen LogP contribution in [0.4, 0.5) is 4.39 Å². The van der Waals surface area contributed by atoms with E-state index in [4.69, 9.17) is 4.74 Å². The standard InChI is InChI=1S/C15H21FN2O2/c1-11(13-4-3-5-14(16)10-13)17-12(2)15(19)18-6-8-20-9-7-18/h3-5,10-12,17H,6-9H2,1-2H3/t11-,12?/m0/s1. The largest absolute Gasteiger partial charge is 0.378 e. The molecule has 1 aromatic carbocycles. The predicted octanol–water partition coefficient (Wildman–Crippen LogP) is 1.72. The van der Waals surface area contributed by atoms with Crippen LogP contribution in [0.1, 0.15) is 25.5 Å². The number of nitrogens with zero attached hydrogens (tertiary/aromatic N) is 1. The summed E-state index contributed by atoms with van der Waals surface area (Å²) < 4.78 is 18.4. The van der Waals surface area contributed by atoms with Gasteiger partial charge in [-0.1, -0.05) is 12.1 Å². The molecule has 1 unspecified atom stereocenters. The molecule has 0 aliphatic carbocycles. The van der Waals surface area contributed by atoms with Gasteiger partial charge in [0.05, 0.1) is 19.3 Å². The summed E-state index contributed by atoms with van der Waals surface area (Å²) in [6.45, 7) is 6.24. The Morgan fingerprint density at radius 1 is 1.35 bits per heavy atom. The molecule has 1 aliphatic heterocycles. The predicted molar refractivity (Wildman–Crippen MR) is 74.8 cm³/mol. The van der Waals surface area contributed by atoms with Gasteiger partial charge in [-0.05, 0) is 31.5 Å². The fraction of sp³-hybridized carbons (Fsp3) is 0.533. The van der Waals surface area contributed by atoms with Gasteiger partial charge < -0.3 is 9.64 Å². The van der Waals surface area contributed by atoms with Crippen molar-refractivity contribution >= 4 is 5.91 Å². The van der Waals surface area contributed by atoms with Gasteiger partial charge in [-0.25, -0.2) is 4.39 Å². The summed E-state index contributed by atoms with van der Waals surface area (Å²) in [6.07, 6.45) is 0. The highest BCUT2D eigenvalue weighted by atomic mass is 19.1. The van der Waals surface area contributed by atoms with E-state index in [2.05, 4.69) is 5.32 Å². The van der Waals surface area contributed by atoms with E-state index in [1.807, 2.05) is 19.9 Å². The number of hydrogen-bond donors (Lipinski definition) is 1. The summed E-state index contributed by atoms with van der Waals surface area (Å²) in [5, 5.41) is 3.22. The molecular formula is C15H21FN2O2. The first-order chi connectivity index (χ1) is 9.58. The molecule has 110 valence electrons. The normalized spacial score (nSPS) is 18.6. The van der Waals surface area contributed by atoms with Crippen molar-refractivity contribution in [3.8, 4) is 0 Å². The SMILES string of the molecule is CC(N[C@@H](C)c1cccc(F)c1)C(=O)N1CCOCC1. The molecule has 0 saturated carbocycles. The molecule has 1 aliphatic rings. The van der Waals surface area contributed by atoms with E-state index in [1.54, 1.807) is 11.0 Å². The van der Waals surface area contributed by atoms with Crippen LogP contribution < -0.4 is 5.32 Å². The molecular weight excluding hydrogens is 259 g/mol. The minimum absolute atomic E-state index is 0.0663. The van der Waals surface area contributed by atoms with Gasteiger partial charge in [0.1, 0.15) is 5.82 Å². The molecule has 5 heteroatoms. The number of carbonyl (C=O) groups is 1. The molecule has 0 aromatic heterocycles. The van der Waals surface area contributed by atoms with E-state index in [1.165, 1.54) is 12.1 Å². The molecule has 20 heavy (non-hydrogen) atoms. The molecule has 1 aromatic rings. The minimum atomic E-state index is -0.300. The minimum Gasteiger partial charge on any atom is -0.378 e. The smallest absolute Gasteiger partial charge is 0.239 e. The molecule has 2 atom stereocenters. The molecule has 1 N–H and O–H groups in total. The Kier molecular flexibility index (Phi) is 5.09. The second kappa shape index (κ2) is 6.81. The molecule has 0 spiro atoms. The Morgan fingerprint density at radius 3 is 2.70 bits per heavy atom. The maximum absolute atomic E-state index is 13.2. The number of hydrogen-bond acceptors (Lipinski definition) is 3. The fourth-order valence-corrected chi connectivity index (χ4v) is 2.38. The third kappa shape index (κ3) is 3.77. The highest BCUT2D eigenvalue weighted by molar-refractivity contribution is 5.81. The van der Waals surface area contributed by atoms with Crippen molar-refractivity contribution in [2.24, 2.45) is 0 Å². The zero-order chi connectivity index (χ0) is 14.5. The molecule has 1 fully saturated rings. The highest BCUT2D eigenvalue weighted by Gasteiger charge is 2.23. The number of nitrogens with one attached hydrogen (secondary N) is 1. The summed E-state index contributed by atoms with van der Waals surface area (Å²) >= 11 is 0. The number of morpholine rings is 1. The molecule has 2 rings (SSSR count). The maximum atomic E-state index is 13.2. The van der Waals surface area contributed by atoms with E-state index < -0.39 is 0 Å². The lowest BCUT2D eigenvalue weighted by Crippen LogP contribution is -2.49. The first kappa shape index (κ1) is 14.9. The van der Waals surface area contributed by atoms with Gasteiger partial charge in [-0.2, -0.15) is 0 Å². The monoisotopic (exact) mass is 280 g/mol. The topological polar surface area (TPSA) is 41.6 Å². The lowest BCUT2D eigenvalue weighted by atomic mass is 10.1. The van der Waals surface area contributed by atoms with Gasteiger partial charge in [0, 0.05) is 19.1 Å². The van der Waals surface area contributed by atoms with Crippen molar-refractivity contribution < 1.29 is 13.9 Å². The lowest BCUT2D eigenvalue weighted by Gasteiger charge is -2.30. The van der Waals surface area contributed by atoms with Crippen LogP contribution in [0.3, 0.4) is 0 Å². The highest BCUT2D eigenvalue weighted by Crippen LogP contribution is 2.14. The Labute approximate surface area is 118 Å². The lowest BCUT2D eigenvalue weighted by molar-refractivity contribution is -0.137. The third-order valence-electron chi connectivity index (χ3n) is 3.54. The van der Waals surface area contributed by atoms with E-state index >= 15 is 0 Å². The Bertz CT molecular complexity index is 461. The average molecular weight is 280 g/mol. The number of halogens is 1. The molecule has 0 radical (unpaired) electrons. The summed E-state index contributed by atoms with van der Waals surface area (Å²) in [4.78, 5) is 14.1. The zero-order valence-electron chi connectivity index (χ0n) is 11.9. The van der Waals surface area contributed by atoms with Crippen molar-refractivity contribution in [3.63, 3.8) is 0 Å². The van der Waals surface area contributed by atoms with E-state index in [0.717, 1.165) is 5.56 Å². The summed E-state index contributed by atoms with van der Waals surface area (Å²) in [7, 11) is 0. The van der Waals surface area contributed by atoms with Crippen molar-refractivity contribution in [1.29, 1.82) is 0 Å². The van der Waals surface area contributed by atoms with Gasteiger partial charge in [-0.3, -0.25) is 10.1 Å². The first-order valence-corrected chi connectivity index (χ1v) is 6.96. The van der Waals surface area contributed by atoms with Gasteiger partial charge in [-0.15, -0.1) is 0 Å². The van der Waals surface area contributed by atoms with Crippen LogP contribution in [-0.4, -0.2) is 43.2 Å². The third-order valence-corrected chi connectivity index (χ3v) is 3.54. The van der Waals surface area contributed by atoms with Crippen molar-refractivity contribution in [3.05, 3.63) is 35.6 Å². The van der Waals surface area contributed by atoms with E-state index in [0.29, 0.717) is 26.3 Å². The van der Waals surface area contributed by atoms with Crippen LogP contribution >= 0.6 is 0 Å². The van der Waals surface area contributed by atoms with Crippen LogP contribution in [0.15, 0.2) is 24.3 Å². The first-order valence-electron chi connectivity index (χ1n) is 6.96. The molecule has 4 nitrogen and oxygen atoms in total. The summed E-state index contributed by atoms with van der Waals surface area (Å²) in [5.41, 5.74) is 0.839. The summed E-state index contributed by atoms with van der Waals surface area (Å²) in [5.74, 6) is -0.195. The number of ether oxygens (including phenoxy) is 1. The van der Waals surface area contributed by atoms with Gasteiger partial charge in [0.15, 0.2) is 0 Å². The van der Waals surface area contributed by atoms with Crippen LogP contribution in [0, 0.1) is 5.82 Å². The van der Waals surface area contributed by atoms with Crippen molar-refractivity contribution in [2.75, 3.05) is 26.3 Å². The molecule has 1 saturated heterocycles. The van der Waals surface area contributed by atoms with Crippen molar-refractivity contribution in [2.45, 2.75) is 25.9 Å². The Balaban J connectivity index is 1.92. The van der Waals surface area contributed by atoms with Gasteiger partial charge in [0.2, 0.25) is 5.91 Å². The molecule has 1 heterocycles. The molecule has 1 amide bonds. The average Bonchev–Trinajstić information content (AvgIpc) is 2.47. The fourth-order valence-electron chi connectivity index (χ4n) is 2.38. The van der Waals surface area contributed by atoms with Crippen molar-refractivity contribution in [1.82, 2.24) is 10.2 Å². The zero-order valence-corrected chi connectivity index (χ0v) is 11.9. The van der Waals surface area contributed by atoms with Crippen LogP contribution in [0.2, 0.25) is 0 Å². The van der Waals surface area contributed by atoms with Gasteiger partial charge >= 0.3 is 0 Å². The number of benzene rings is 1. The second-order valence-corrected chi connectivity index (χ2v) is 5.10. The van der Waals surface area contributed by atoms with Crippen LogP contribution in [0.5, 0.6) is 0 Å². The van der Waals surface area contributed by atoms with Crippen LogP contribution in [-0.2, 0) is 9.53 Å². The number of amides is 1. The quantitative estimate of drug-likeness (QED) is 0.913. The number of rotatable bonds is 4.